The monoisotopic (exact) mass is 673 g/mol. The van der Waals surface area contributed by atoms with Gasteiger partial charge in [-0.05, 0) is 105 Å². The van der Waals surface area contributed by atoms with Crippen LogP contribution in [0.2, 0.25) is 0 Å². The minimum Gasteiger partial charge on any atom is -0.294 e. The topological polar surface area (TPSA) is 57.9 Å². The molecule has 1 aliphatic carbocycles. The number of anilines is 3. The molecule has 7 nitrogen and oxygen atoms in total. The van der Waals surface area contributed by atoms with E-state index in [2.05, 4.69) is 54.3 Å². The second-order valence-corrected chi connectivity index (χ2v) is 13.1. The van der Waals surface area contributed by atoms with Crippen LogP contribution in [-0.4, -0.2) is 9.55 Å². The van der Waals surface area contributed by atoms with E-state index in [-0.39, 0.29) is 0 Å². The molecule has 242 valence electrons. The molecule has 7 heteroatoms. The highest BCUT2D eigenvalue weighted by Crippen LogP contribution is 2.63. The van der Waals surface area contributed by atoms with Crippen molar-refractivity contribution in [3.63, 3.8) is 0 Å². The second-order valence-electron chi connectivity index (χ2n) is 13.1. The van der Waals surface area contributed by atoms with Crippen molar-refractivity contribution in [2.45, 2.75) is 5.41 Å². The fourth-order valence-electron chi connectivity index (χ4n) is 8.57. The molecule has 0 fully saturated rings. The molecular weight excluding hydrogens is 651 g/mol. The molecule has 0 N–H and O–H groups in total. The lowest BCUT2D eigenvalue weighted by Crippen LogP contribution is -2.36. The lowest BCUT2D eigenvalue weighted by Gasteiger charge is -2.44. The number of benzene rings is 6. The predicted molar refractivity (Wildman–Crippen MR) is 208 cm³/mol. The molecule has 0 saturated carbocycles. The molecule has 0 unspecified atom stereocenters. The highest BCUT2D eigenvalue weighted by Gasteiger charge is 2.52. The summed E-state index contributed by atoms with van der Waals surface area (Å²) in [5, 5.41) is 11.9. The van der Waals surface area contributed by atoms with Crippen LogP contribution in [0.1, 0.15) is 27.8 Å². The van der Waals surface area contributed by atoms with E-state index in [0.717, 1.165) is 66.6 Å². The standard InChI is InChI=1S/C46H23N7/c1-48-29-17-21-40-34(24-29)35-25-30(49-2)18-22-41(35)52(40)44-13-8-14-45(51-44)53-42-11-6-4-9-36(42)46(37-10-5-7-12-43(37)53)38-23-28(27-47)15-19-32(38)33-20-16-31(50-3)26-39(33)46/h4-26H. The van der Waals surface area contributed by atoms with Crippen molar-refractivity contribution in [2.24, 2.45) is 0 Å². The molecule has 0 amide bonds. The number of para-hydroxylation sites is 2. The van der Waals surface area contributed by atoms with Crippen molar-refractivity contribution in [1.82, 2.24) is 9.55 Å². The molecule has 0 radical (unpaired) electrons. The van der Waals surface area contributed by atoms with Crippen molar-refractivity contribution in [3.8, 4) is 23.0 Å². The van der Waals surface area contributed by atoms with Crippen molar-refractivity contribution in [2.75, 3.05) is 4.90 Å². The SMILES string of the molecule is [C-]#[N+]c1ccc2c(c1)C1(c3cc(C#N)ccc3-2)c2ccccc2N(c2cccc(-n3c4ccc([N+]#[C-])cc4c4cc([N+]#[C-])ccc43)n2)c2ccccc21. The van der Waals surface area contributed by atoms with E-state index in [9.17, 15) is 5.26 Å². The molecule has 3 heterocycles. The van der Waals surface area contributed by atoms with Crippen molar-refractivity contribution in [1.29, 1.82) is 5.26 Å². The largest absolute Gasteiger partial charge is 0.294 e. The minimum absolute atomic E-state index is 0.530. The molecule has 2 aromatic heterocycles. The average Bonchev–Trinajstić information content (AvgIpc) is 3.70. The Kier molecular flexibility index (Phi) is 6.22. The molecule has 1 aliphatic heterocycles. The third kappa shape index (κ3) is 3.97. The van der Waals surface area contributed by atoms with Gasteiger partial charge in [-0.1, -0.05) is 78.9 Å². The van der Waals surface area contributed by atoms with Crippen molar-refractivity contribution >= 4 is 56.1 Å². The summed E-state index contributed by atoms with van der Waals surface area (Å²) < 4.78 is 2.09. The number of pyridine rings is 1. The Morgan fingerprint density at radius 1 is 0.528 bits per heavy atom. The Balaban J connectivity index is 1.25. The third-order valence-corrected chi connectivity index (χ3v) is 10.6. The molecule has 0 bridgehead atoms. The zero-order chi connectivity index (χ0) is 35.8. The first kappa shape index (κ1) is 29.9. The van der Waals surface area contributed by atoms with Gasteiger partial charge in [0.05, 0.1) is 59.2 Å². The van der Waals surface area contributed by atoms with Crippen LogP contribution in [0.3, 0.4) is 0 Å². The maximum Gasteiger partial charge on any atom is 0.188 e. The number of aromatic nitrogens is 2. The summed E-state index contributed by atoms with van der Waals surface area (Å²) in [6.45, 7) is 23.2. The molecule has 10 rings (SSSR count). The first-order chi connectivity index (χ1) is 26.1. The summed E-state index contributed by atoms with van der Waals surface area (Å²) in [6, 6.07) is 48.2. The Bertz CT molecular complexity index is 2900. The van der Waals surface area contributed by atoms with Gasteiger partial charge in [0, 0.05) is 0 Å². The molecular formula is C46H23N7. The van der Waals surface area contributed by atoms with E-state index in [0.29, 0.717) is 34.3 Å². The highest BCUT2D eigenvalue weighted by molar-refractivity contribution is 6.11. The first-order valence-corrected chi connectivity index (χ1v) is 17.0. The number of hydrogen-bond donors (Lipinski definition) is 0. The Labute approximate surface area is 304 Å². The van der Waals surface area contributed by atoms with Crippen LogP contribution in [0, 0.1) is 31.0 Å². The highest BCUT2D eigenvalue weighted by atomic mass is 15.2. The Morgan fingerprint density at radius 2 is 1.06 bits per heavy atom. The van der Waals surface area contributed by atoms with Crippen LogP contribution in [0.25, 0.3) is 53.3 Å². The number of nitrogens with zero attached hydrogens (tertiary/aromatic N) is 7. The van der Waals surface area contributed by atoms with Crippen molar-refractivity contribution in [3.05, 3.63) is 202 Å². The fraction of sp³-hybridized carbons (Fsp3) is 0.0217. The van der Waals surface area contributed by atoms with Crippen LogP contribution >= 0.6 is 0 Å². The summed E-state index contributed by atoms with van der Waals surface area (Å²) >= 11 is 0. The normalized spacial score (nSPS) is 12.9. The van der Waals surface area contributed by atoms with Gasteiger partial charge in [-0.15, -0.1) is 0 Å². The van der Waals surface area contributed by atoms with Gasteiger partial charge in [-0.2, -0.15) is 5.26 Å². The number of fused-ring (bicyclic) bond motifs is 12. The number of nitriles is 1. The molecule has 0 saturated heterocycles. The van der Waals surface area contributed by atoms with E-state index in [1.807, 2.05) is 115 Å². The maximum absolute atomic E-state index is 10.1. The third-order valence-electron chi connectivity index (χ3n) is 10.6. The van der Waals surface area contributed by atoms with Crippen LogP contribution in [0.4, 0.5) is 34.3 Å². The second kappa shape index (κ2) is 11.0. The van der Waals surface area contributed by atoms with E-state index >= 15 is 0 Å². The van der Waals surface area contributed by atoms with Crippen molar-refractivity contribution < 1.29 is 0 Å². The van der Waals surface area contributed by atoms with Crippen LogP contribution in [0.15, 0.2) is 140 Å². The average molecular weight is 674 g/mol. The molecule has 1 spiro atoms. The van der Waals surface area contributed by atoms with Gasteiger partial charge < -0.3 is 0 Å². The van der Waals surface area contributed by atoms with Gasteiger partial charge in [-0.3, -0.25) is 9.47 Å². The van der Waals surface area contributed by atoms with Gasteiger partial charge in [0.2, 0.25) is 0 Å². The van der Waals surface area contributed by atoms with E-state index in [1.165, 1.54) is 0 Å². The lowest BCUT2D eigenvalue weighted by molar-refractivity contribution is 0.751. The summed E-state index contributed by atoms with van der Waals surface area (Å²) in [5.74, 6) is 1.41. The molecule has 2 aliphatic rings. The Morgan fingerprint density at radius 3 is 1.66 bits per heavy atom. The summed E-state index contributed by atoms with van der Waals surface area (Å²) in [6.07, 6.45) is 0. The van der Waals surface area contributed by atoms with Crippen LogP contribution in [0.5, 0.6) is 0 Å². The first-order valence-electron chi connectivity index (χ1n) is 17.0. The number of rotatable bonds is 2. The summed E-state index contributed by atoms with van der Waals surface area (Å²) in [7, 11) is 0. The lowest BCUT2D eigenvalue weighted by atomic mass is 9.64. The molecule has 6 aromatic carbocycles. The minimum atomic E-state index is -0.798. The predicted octanol–water partition coefficient (Wildman–Crippen LogP) is 11.8. The summed E-state index contributed by atoms with van der Waals surface area (Å²) in [4.78, 5) is 18.8. The van der Waals surface area contributed by atoms with Gasteiger partial charge in [-0.25, -0.2) is 19.5 Å². The fourth-order valence-corrected chi connectivity index (χ4v) is 8.57. The van der Waals surface area contributed by atoms with Gasteiger partial charge >= 0.3 is 0 Å². The molecule has 53 heavy (non-hydrogen) atoms. The zero-order valence-electron chi connectivity index (χ0n) is 27.9. The summed E-state index contributed by atoms with van der Waals surface area (Å²) in [5.41, 5.74) is 11.2. The molecule has 8 aromatic rings. The van der Waals surface area contributed by atoms with Gasteiger partial charge in [0.25, 0.3) is 0 Å². The van der Waals surface area contributed by atoms with Crippen LogP contribution in [-0.2, 0) is 5.41 Å². The quantitative estimate of drug-likeness (QED) is 0.172. The van der Waals surface area contributed by atoms with Gasteiger partial charge in [0.1, 0.15) is 11.6 Å². The maximum atomic E-state index is 10.1. The molecule has 0 atom stereocenters. The van der Waals surface area contributed by atoms with E-state index in [1.54, 1.807) is 0 Å². The number of hydrogen-bond acceptors (Lipinski definition) is 3. The van der Waals surface area contributed by atoms with E-state index in [4.69, 9.17) is 24.7 Å². The zero-order valence-corrected chi connectivity index (χ0v) is 27.9. The van der Waals surface area contributed by atoms with Gasteiger partial charge in [0.15, 0.2) is 17.1 Å². The Hall–Kier alpha value is -7.97. The van der Waals surface area contributed by atoms with Crippen LogP contribution < -0.4 is 4.90 Å². The smallest absolute Gasteiger partial charge is 0.188 e. The van der Waals surface area contributed by atoms with E-state index < -0.39 is 5.41 Å².